The second kappa shape index (κ2) is 7.17. The Morgan fingerprint density at radius 2 is 2.19 bits per heavy atom. The molecule has 1 heterocycles. The van der Waals surface area contributed by atoms with Crippen molar-refractivity contribution in [1.29, 1.82) is 0 Å². The lowest BCUT2D eigenvalue weighted by Crippen LogP contribution is -2.04. The molecule has 0 saturated heterocycles. The summed E-state index contributed by atoms with van der Waals surface area (Å²) in [6, 6.07) is 9.52. The van der Waals surface area contributed by atoms with Crippen molar-refractivity contribution in [2.24, 2.45) is 0 Å². The first-order chi connectivity index (χ1) is 10.2. The van der Waals surface area contributed by atoms with Crippen LogP contribution in [-0.4, -0.2) is 33.7 Å². The highest BCUT2D eigenvalue weighted by molar-refractivity contribution is 7.99. The molecular formula is C15H18N2O3S. The van der Waals surface area contributed by atoms with Crippen molar-refractivity contribution in [3.63, 3.8) is 0 Å². The van der Waals surface area contributed by atoms with Crippen LogP contribution in [0.1, 0.15) is 19.0 Å². The average molecular weight is 306 g/mol. The minimum absolute atomic E-state index is 0.00636. The van der Waals surface area contributed by atoms with Crippen LogP contribution in [0.4, 0.5) is 0 Å². The Hall–Kier alpha value is -1.95. The molecule has 21 heavy (non-hydrogen) atoms. The van der Waals surface area contributed by atoms with E-state index in [-0.39, 0.29) is 5.75 Å². The number of carboxylic acids is 1. The van der Waals surface area contributed by atoms with Crippen molar-refractivity contribution in [3.8, 4) is 11.4 Å². The molecule has 0 aliphatic carbocycles. The summed E-state index contributed by atoms with van der Waals surface area (Å²) in [4.78, 5) is 10.8. The van der Waals surface area contributed by atoms with E-state index < -0.39 is 5.97 Å². The maximum absolute atomic E-state index is 10.8. The molecule has 0 aliphatic rings. The van der Waals surface area contributed by atoms with E-state index in [1.165, 1.54) is 11.8 Å². The van der Waals surface area contributed by atoms with Crippen molar-refractivity contribution in [2.75, 3.05) is 12.9 Å². The van der Waals surface area contributed by atoms with E-state index in [1.807, 2.05) is 30.3 Å². The second-order valence-electron chi connectivity index (χ2n) is 4.49. The third kappa shape index (κ3) is 3.78. The summed E-state index contributed by atoms with van der Waals surface area (Å²) in [5.74, 6) is -0.127. The molecule has 1 aromatic carbocycles. The molecule has 0 radical (unpaired) electrons. The number of benzene rings is 1. The number of hydrogen-bond acceptors (Lipinski definition) is 4. The van der Waals surface area contributed by atoms with E-state index in [1.54, 1.807) is 11.8 Å². The number of para-hydroxylation sites is 2. The molecule has 2 aromatic rings. The van der Waals surface area contributed by atoms with Crippen LogP contribution >= 0.6 is 11.8 Å². The van der Waals surface area contributed by atoms with Crippen LogP contribution in [0.15, 0.2) is 35.4 Å². The average Bonchev–Trinajstić information content (AvgIpc) is 2.88. The Labute approximate surface area is 127 Å². The molecule has 0 amide bonds. The van der Waals surface area contributed by atoms with Gasteiger partial charge < -0.3 is 9.84 Å². The van der Waals surface area contributed by atoms with Gasteiger partial charge in [-0.1, -0.05) is 37.2 Å². The highest BCUT2D eigenvalue weighted by Crippen LogP contribution is 2.28. The van der Waals surface area contributed by atoms with Crippen LogP contribution < -0.4 is 4.74 Å². The Balaban J connectivity index is 2.41. The van der Waals surface area contributed by atoms with Crippen LogP contribution in [0.5, 0.6) is 5.75 Å². The van der Waals surface area contributed by atoms with E-state index in [0.717, 1.165) is 29.2 Å². The molecule has 0 atom stereocenters. The molecule has 5 nitrogen and oxygen atoms in total. The molecule has 112 valence electrons. The van der Waals surface area contributed by atoms with E-state index in [0.29, 0.717) is 5.75 Å². The summed E-state index contributed by atoms with van der Waals surface area (Å²) >= 11 is 1.26. The van der Waals surface area contributed by atoms with Crippen molar-refractivity contribution in [3.05, 3.63) is 36.0 Å². The molecule has 1 N–H and O–H groups in total. The fraction of sp³-hybridized carbons (Fsp3) is 0.333. The number of methoxy groups -OCH3 is 1. The zero-order valence-electron chi connectivity index (χ0n) is 12.1. The minimum atomic E-state index is -0.843. The summed E-state index contributed by atoms with van der Waals surface area (Å²) in [6.45, 7) is 2.09. The van der Waals surface area contributed by atoms with Gasteiger partial charge in [-0.3, -0.25) is 4.79 Å². The summed E-state index contributed by atoms with van der Waals surface area (Å²) in [5, 5.41) is 14.3. The third-order valence-electron chi connectivity index (χ3n) is 2.89. The Morgan fingerprint density at radius 1 is 1.43 bits per heavy atom. The fourth-order valence-corrected chi connectivity index (χ4v) is 2.76. The summed E-state index contributed by atoms with van der Waals surface area (Å²) in [5.41, 5.74) is 1.77. The summed E-state index contributed by atoms with van der Waals surface area (Å²) in [6.07, 6.45) is 1.86. The molecular weight excluding hydrogens is 288 g/mol. The van der Waals surface area contributed by atoms with Gasteiger partial charge in [0.25, 0.3) is 0 Å². The largest absolute Gasteiger partial charge is 0.494 e. The third-order valence-corrected chi connectivity index (χ3v) is 3.87. The van der Waals surface area contributed by atoms with Crippen LogP contribution in [0, 0.1) is 0 Å². The Morgan fingerprint density at radius 3 is 2.86 bits per heavy atom. The normalized spacial score (nSPS) is 10.6. The number of rotatable bonds is 7. The molecule has 0 fully saturated rings. The van der Waals surface area contributed by atoms with Crippen molar-refractivity contribution in [1.82, 2.24) is 9.78 Å². The van der Waals surface area contributed by atoms with Gasteiger partial charge in [0.05, 0.1) is 18.6 Å². The predicted octanol–water partition coefficient (Wildman–Crippen LogP) is 3.01. The molecule has 0 aliphatic heterocycles. The standard InChI is InChI=1S/C15H18N2O3S/c1-3-6-11-9-14(21-10-15(18)19)17(16-11)12-7-4-5-8-13(12)20-2/h4-5,7-9H,3,6,10H2,1-2H3,(H,18,19). The van der Waals surface area contributed by atoms with Crippen LogP contribution in [0.3, 0.4) is 0 Å². The Bertz CT molecular complexity index is 625. The smallest absolute Gasteiger partial charge is 0.313 e. The maximum Gasteiger partial charge on any atom is 0.313 e. The van der Waals surface area contributed by atoms with E-state index in [4.69, 9.17) is 9.84 Å². The molecule has 0 saturated carbocycles. The summed E-state index contributed by atoms with van der Waals surface area (Å²) in [7, 11) is 1.61. The van der Waals surface area contributed by atoms with Gasteiger partial charge in [-0.05, 0) is 24.6 Å². The van der Waals surface area contributed by atoms with E-state index in [9.17, 15) is 4.79 Å². The van der Waals surface area contributed by atoms with Gasteiger partial charge in [-0.15, -0.1) is 0 Å². The van der Waals surface area contributed by atoms with E-state index in [2.05, 4.69) is 12.0 Å². The maximum atomic E-state index is 10.8. The zero-order chi connectivity index (χ0) is 15.2. The first-order valence-electron chi connectivity index (χ1n) is 6.72. The SMILES string of the molecule is CCCc1cc(SCC(=O)O)n(-c2ccccc2OC)n1. The monoisotopic (exact) mass is 306 g/mol. The number of nitrogens with zero attached hydrogens (tertiary/aromatic N) is 2. The van der Waals surface area contributed by atoms with Crippen LogP contribution in [0.25, 0.3) is 5.69 Å². The highest BCUT2D eigenvalue weighted by atomic mass is 32.2. The zero-order valence-corrected chi connectivity index (χ0v) is 12.9. The van der Waals surface area contributed by atoms with Gasteiger partial charge >= 0.3 is 5.97 Å². The fourth-order valence-electron chi connectivity index (χ4n) is 2.00. The number of hydrogen-bond donors (Lipinski definition) is 1. The van der Waals surface area contributed by atoms with Crippen molar-refractivity contribution >= 4 is 17.7 Å². The molecule has 1 aromatic heterocycles. The van der Waals surface area contributed by atoms with Gasteiger partial charge in [-0.2, -0.15) is 5.10 Å². The van der Waals surface area contributed by atoms with E-state index >= 15 is 0 Å². The lowest BCUT2D eigenvalue weighted by molar-refractivity contribution is -0.133. The number of ether oxygens (including phenoxy) is 1. The number of aliphatic carboxylic acids is 1. The van der Waals surface area contributed by atoms with Gasteiger partial charge in [0, 0.05) is 0 Å². The first kappa shape index (κ1) is 15.4. The van der Waals surface area contributed by atoms with Crippen LogP contribution in [0.2, 0.25) is 0 Å². The highest BCUT2D eigenvalue weighted by Gasteiger charge is 2.14. The quantitative estimate of drug-likeness (QED) is 0.797. The molecule has 0 unspecified atom stereocenters. The van der Waals surface area contributed by atoms with Gasteiger partial charge in [-0.25, -0.2) is 4.68 Å². The van der Waals surface area contributed by atoms with Gasteiger partial charge in [0.1, 0.15) is 16.5 Å². The summed E-state index contributed by atoms with van der Waals surface area (Å²) < 4.78 is 7.12. The number of aryl methyl sites for hydroxylation is 1. The number of carboxylic acid groups (broad SMARTS) is 1. The number of thioether (sulfide) groups is 1. The molecule has 0 spiro atoms. The first-order valence-corrected chi connectivity index (χ1v) is 7.71. The number of aromatic nitrogens is 2. The van der Waals surface area contributed by atoms with Gasteiger partial charge in [0.15, 0.2) is 0 Å². The molecule has 6 heteroatoms. The van der Waals surface area contributed by atoms with Gasteiger partial charge in [0.2, 0.25) is 0 Å². The van der Waals surface area contributed by atoms with Crippen molar-refractivity contribution in [2.45, 2.75) is 24.8 Å². The predicted molar refractivity (Wildman–Crippen MR) is 82.5 cm³/mol. The second-order valence-corrected chi connectivity index (χ2v) is 5.49. The van der Waals surface area contributed by atoms with Crippen LogP contribution in [-0.2, 0) is 11.2 Å². The minimum Gasteiger partial charge on any atom is -0.494 e. The van der Waals surface area contributed by atoms with Crippen molar-refractivity contribution < 1.29 is 14.6 Å². The lowest BCUT2D eigenvalue weighted by Gasteiger charge is -2.10. The number of carbonyl (C=O) groups is 1. The lowest BCUT2D eigenvalue weighted by atomic mass is 10.3. The Kier molecular flexibility index (Phi) is 5.27. The topological polar surface area (TPSA) is 64.3 Å². The molecule has 2 rings (SSSR count). The molecule has 0 bridgehead atoms.